The smallest absolute Gasteiger partial charge is 0.406 e. The monoisotopic (exact) mass is 371 g/mol. The molecule has 0 saturated heterocycles. The Morgan fingerprint density at radius 3 is 2.08 bits per heavy atom. The summed E-state index contributed by atoms with van der Waals surface area (Å²) in [5.41, 5.74) is 4.36. The van der Waals surface area contributed by atoms with Crippen LogP contribution >= 0.6 is 12.4 Å². The van der Waals surface area contributed by atoms with Gasteiger partial charge in [0, 0.05) is 6.54 Å². The van der Waals surface area contributed by atoms with Gasteiger partial charge in [0.25, 0.3) is 0 Å². The van der Waals surface area contributed by atoms with Gasteiger partial charge in [0.15, 0.2) is 0 Å². The van der Waals surface area contributed by atoms with Gasteiger partial charge < -0.3 is 10.5 Å². The number of hydrogen-bond acceptors (Lipinski definition) is 2. The molecule has 2 rings (SSSR count). The summed E-state index contributed by atoms with van der Waals surface area (Å²) in [6.07, 6.45) is -9.59. The summed E-state index contributed by atoms with van der Waals surface area (Å²) in [7, 11) is 0. The van der Waals surface area contributed by atoms with E-state index < -0.39 is 23.9 Å². The van der Waals surface area contributed by atoms with E-state index in [9.17, 15) is 26.3 Å². The molecular weight excluding hydrogens is 360 g/mol. The van der Waals surface area contributed by atoms with Crippen LogP contribution in [0.15, 0.2) is 42.5 Å². The highest BCUT2D eigenvalue weighted by Gasteiger charge is 2.34. The minimum atomic E-state index is -4.95. The maximum Gasteiger partial charge on any atom is 0.573 e. The van der Waals surface area contributed by atoms with Crippen molar-refractivity contribution in [2.75, 3.05) is 0 Å². The van der Waals surface area contributed by atoms with Crippen LogP contribution in [-0.2, 0) is 12.7 Å². The fraction of sp³-hybridized carbons (Fsp3) is 0.200. The third kappa shape index (κ3) is 5.04. The number of nitrogens with two attached hydrogens (primary N) is 1. The second-order valence-corrected chi connectivity index (χ2v) is 4.66. The van der Waals surface area contributed by atoms with Crippen molar-refractivity contribution in [2.45, 2.75) is 19.1 Å². The molecule has 0 spiro atoms. The number of rotatable bonds is 3. The van der Waals surface area contributed by atoms with Crippen LogP contribution in [0.3, 0.4) is 0 Å². The van der Waals surface area contributed by atoms with Crippen molar-refractivity contribution >= 4 is 12.4 Å². The van der Waals surface area contributed by atoms with E-state index in [2.05, 4.69) is 4.74 Å². The lowest BCUT2D eigenvalue weighted by atomic mass is 9.97. The zero-order valence-corrected chi connectivity index (χ0v) is 12.7. The Bertz CT molecular complexity index is 699. The van der Waals surface area contributed by atoms with Crippen molar-refractivity contribution in [3.05, 3.63) is 53.6 Å². The molecule has 9 heteroatoms. The minimum absolute atomic E-state index is 0. The fourth-order valence-corrected chi connectivity index (χ4v) is 2.11. The van der Waals surface area contributed by atoms with E-state index in [4.69, 9.17) is 5.73 Å². The van der Waals surface area contributed by atoms with Gasteiger partial charge in [-0.2, -0.15) is 13.2 Å². The van der Waals surface area contributed by atoms with Crippen molar-refractivity contribution < 1.29 is 31.1 Å². The van der Waals surface area contributed by atoms with Crippen molar-refractivity contribution in [1.29, 1.82) is 0 Å². The molecule has 0 aliphatic rings. The highest BCUT2D eigenvalue weighted by atomic mass is 35.5. The Morgan fingerprint density at radius 1 is 0.917 bits per heavy atom. The summed E-state index contributed by atoms with van der Waals surface area (Å²) in [5.74, 6) is -0.618. The van der Waals surface area contributed by atoms with Gasteiger partial charge in [0.2, 0.25) is 0 Å². The zero-order valence-electron chi connectivity index (χ0n) is 11.9. The zero-order chi connectivity index (χ0) is 17.3. The van der Waals surface area contributed by atoms with E-state index in [-0.39, 0.29) is 35.6 Å². The van der Waals surface area contributed by atoms with Gasteiger partial charge in [-0.1, -0.05) is 18.2 Å². The van der Waals surface area contributed by atoms with Crippen molar-refractivity contribution in [3.8, 4) is 16.9 Å². The van der Waals surface area contributed by atoms with E-state index in [1.165, 1.54) is 24.3 Å². The van der Waals surface area contributed by atoms with E-state index >= 15 is 0 Å². The second kappa shape index (κ2) is 7.31. The summed E-state index contributed by atoms with van der Waals surface area (Å²) >= 11 is 0. The molecule has 0 aliphatic carbocycles. The molecule has 0 heterocycles. The quantitative estimate of drug-likeness (QED) is 0.757. The molecular formula is C15H12ClF6NO. The van der Waals surface area contributed by atoms with Crippen LogP contribution < -0.4 is 10.5 Å². The molecule has 2 aromatic rings. The van der Waals surface area contributed by atoms with Gasteiger partial charge >= 0.3 is 12.5 Å². The minimum Gasteiger partial charge on any atom is -0.406 e. The fourth-order valence-electron chi connectivity index (χ4n) is 2.11. The molecule has 0 unspecified atom stereocenters. The predicted molar refractivity (Wildman–Crippen MR) is 78.7 cm³/mol. The first-order valence-electron chi connectivity index (χ1n) is 6.36. The lowest BCUT2D eigenvalue weighted by Gasteiger charge is -2.16. The van der Waals surface area contributed by atoms with Crippen LogP contribution in [0, 0.1) is 0 Å². The first-order valence-corrected chi connectivity index (χ1v) is 6.36. The van der Waals surface area contributed by atoms with Crippen LogP contribution in [-0.4, -0.2) is 6.36 Å². The molecule has 2 aromatic carbocycles. The molecule has 0 atom stereocenters. The highest BCUT2D eigenvalue weighted by Crippen LogP contribution is 2.38. The second-order valence-electron chi connectivity index (χ2n) is 4.66. The highest BCUT2D eigenvalue weighted by molar-refractivity contribution is 5.85. The van der Waals surface area contributed by atoms with E-state index in [0.717, 1.165) is 18.2 Å². The number of halogens is 7. The molecule has 0 saturated carbocycles. The molecule has 132 valence electrons. The van der Waals surface area contributed by atoms with Crippen LogP contribution in [0.5, 0.6) is 5.75 Å². The molecule has 2 N–H and O–H groups in total. The van der Waals surface area contributed by atoms with Gasteiger partial charge in [-0.15, -0.1) is 25.6 Å². The third-order valence-electron chi connectivity index (χ3n) is 2.98. The van der Waals surface area contributed by atoms with Crippen molar-refractivity contribution in [1.82, 2.24) is 0 Å². The summed E-state index contributed by atoms with van der Waals surface area (Å²) in [6.45, 7) is -0.143. The molecule has 0 aliphatic heterocycles. The van der Waals surface area contributed by atoms with Gasteiger partial charge in [0.05, 0.1) is 5.56 Å². The molecule has 2 nitrogen and oxygen atoms in total. The van der Waals surface area contributed by atoms with Crippen LogP contribution in [0.4, 0.5) is 26.3 Å². The van der Waals surface area contributed by atoms with Crippen LogP contribution in [0.1, 0.15) is 11.1 Å². The SMILES string of the molecule is Cl.NCc1cc(OC(F)(F)F)cc(-c2ccccc2C(F)(F)F)c1. The summed E-state index contributed by atoms with van der Waals surface area (Å²) < 4.78 is 80.0. The van der Waals surface area contributed by atoms with Gasteiger partial charge in [-0.3, -0.25) is 0 Å². The third-order valence-corrected chi connectivity index (χ3v) is 2.98. The Hall–Kier alpha value is -1.93. The lowest BCUT2D eigenvalue weighted by molar-refractivity contribution is -0.274. The molecule has 0 aromatic heterocycles. The number of benzene rings is 2. The van der Waals surface area contributed by atoms with Gasteiger partial charge in [0.1, 0.15) is 5.75 Å². The Labute approximate surface area is 139 Å². The summed E-state index contributed by atoms with van der Waals surface area (Å²) in [5, 5.41) is 0. The first kappa shape index (κ1) is 20.1. The Kier molecular flexibility index (Phi) is 6.13. The molecule has 0 amide bonds. The van der Waals surface area contributed by atoms with Crippen molar-refractivity contribution in [3.63, 3.8) is 0 Å². The maximum absolute atomic E-state index is 13.1. The topological polar surface area (TPSA) is 35.2 Å². The Balaban J connectivity index is 0.00000288. The van der Waals surface area contributed by atoms with E-state index in [1.54, 1.807) is 0 Å². The van der Waals surface area contributed by atoms with Crippen LogP contribution in [0.25, 0.3) is 11.1 Å². The molecule has 0 bridgehead atoms. The maximum atomic E-state index is 13.1. The average Bonchev–Trinajstić information content (AvgIpc) is 2.44. The number of hydrogen-bond donors (Lipinski definition) is 1. The number of alkyl halides is 6. The summed E-state index contributed by atoms with van der Waals surface area (Å²) in [4.78, 5) is 0. The largest absolute Gasteiger partial charge is 0.573 e. The summed E-state index contributed by atoms with van der Waals surface area (Å²) in [6, 6.07) is 7.83. The van der Waals surface area contributed by atoms with Gasteiger partial charge in [-0.05, 0) is 41.0 Å². The van der Waals surface area contributed by atoms with E-state index in [0.29, 0.717) is 0 Å². The first-order chi connectivity index (χ1) is 10.6. The molecule has 0 radical (unpaired) electrons. The normalized spacial score (nSPS) is 11.8. The van der Waals surface area contributed by atoms with Gasteiger partial charge in [-0.25, -0.2) is 0 Å². The average molecular weight is 372 g/mol. The van der Waals surface area contributed by atoms with Crippen LogP contribution in [0.2, 0.25) is 0 Å². The predicted octanol–water partition coefficient (Wildman–Crippen LogP) is 5.15. The van der Waals surface area contributed by atoms with Crippen molar-refractivity contribution in [2.24, 2.45) is 5.73 Å². The van der Waals surface area contributed by atoms with E-state index in [1.807, 2.05) is 0 Å². The standard InChI is InChI=1S/C15H11F6NO.ClH/c16-14(17,18)13-4-2-1-3-12(13)10-5-9(8-22)6-11(7-10)23-15(19,20)21;/h1-7H,8,22H2;1H. The Morgan fingerprint density at radius 2 is 1.54 bits per heavy atom. The molecule has 24 heavy (non-hydrogen) atoms. The lowest BCUT2D eigenvalue weighted by Crippen LogP contribution is -2.17. The number of ether oxygens (including phenoxy) is 1. The molecule has 0 fully saturated rings.